The summed E-state index contributed by atoms with van der Waals surface area (Å²) < 4.78 is 68.1. The van der Waals surface area contributed by atoms with E-state index in [4.69, 9.17) is 14.8 Å². The molecule has 0 spiro atoms. The van der Waals surface area contributed by atoms with E-state index in [1.165, 1.54) is 6.07 Å². The van der Waals surface area contributed by atoms with Gasteiger partial charge in [0.25, 0.3) is 0 Å². The summed E-state index contributed by atoms with van der Waals surface area (Å²) in [6, 6.07) is 7.04. The lowest BCUT2D eigenvalue weighted by molar-refractivity contribution is -0.137. The summed E-state index contributed by atoms with van der Waals surface area (Å²) in [5.41, 5.74) is -0.677. The van der Waals surface area contributed by atoms with Gasteiger partial charge in [0.2, 0.25) is 0 Å². The first-order chi connectivity index (χ1) is 10.8. The van der Waals surface area contributed by atoms with Gasteiger partial charge in [0.05, 0.1) is 5.56 Å². The van der Waals surface area contributed by atoms with Crippen LogP contribution < -0.4 is 4.74 Å². The van der Waals surface area contributed by atoms with Crippen molar-refractivity contribution in [3.63, 3.8) is 0 Å². The van der Waals surface area contributed by atoms with Crippen molar-refractivity contribution in [2.45, 2.75) is 12.8 Å². The fourth-order valence-corrected chi connectivity index (χ4v) is 1.54. The molecule has 0 saturated carbocycles. The fourth-order valence-electron chi connectivity index (χ4n) is 1.54. The van der Waals surface area contributed by atoms with Gasteiger partial charge in [-0.3, -0.25) is 0 Å². The molecular weight excluding hydrogens is 322 g/mol. The van der Waals surface area contributed by atoms with Crippen LogP contribution in [0.3, 0.4) is 0 Å². The highest BCUT2D eigenvalue weighted by molar-refractivity contribution is 6.13. The molecule has 0 amide bonds. The molecule has 0 aliphatic heterocycles. The Morgan fingerprint density at radius 2 is 1.52 bits per heavy atom. The average molecular weight is 333 g/mol. The molecule has 0 aliphatic rings. The highest BCUT2D eigenvalue weighted by Gasteiger charge is 2.29. The zero-order valence-electron chi connectivity index (χ0n) is 11.5. The number of benzene rings is 2. The van der Waals surface area contributed by atoms with E-state index in [1.54, 1.807) is 0 Å². The SMILES string of the molecule is Fc1ccc(COc2ccc(C(F)(F)F)cc2)c(F)c1.O[B]O. The molecule has 2 aromatic carbocycles. The largest absolute Gasteiger partial charge is 0.489 e. The molecule has 0 heterocycles. The van der Waals surface area contributed by atoms with Gasteiger partial charge in [-0.25, -0.2) is 8.78 Å². The molecule has 2 rings (SSSR count). The van der Waals surface area contributed by atoms with E-state index in [0.29, 0.717) is 6.07 Å². The third kappa shape index (κ3) is 6.25. The van der Waals surface area contributed by atoms with Crippen LogP contribution >= 0.6 is 0 Å². The molecule has 3 nitrogen and oxygen atoms in total. The minimum absolute atomic E-state index is 0. The molecule has 0 bridgehead atoms. The molecule has 0 saturated heterocycles. The first-order valence-electron chi connectivity index (χ1n) is 6.12. The van der Waals surface area contributed by atoms with Gasteiger partial charge in [-0.05, 0) is 36.4 Å². The molecule has 0 aliphatic carbocycles. The Balaban J connectivity index is 0.000000816. The Bertz CT molecular complexity index is 617. The van der Waals surface area contributed by atoms with Crippen LogP contribution in [0.15, 0.2) is 42.5 Å². The number of halogens is 5. The second-order valence-electron chi connectivity index (χ2n) is 4.16. The van der Waals surface area contributed by atoms with Crippen molar-refractivity contribution >= 4 is 7.69 Å². The predicted octanol–water partition coefficient (Wildman–Crippen LogP) is 3.07. The Kier molecular flexibility index (Phi) is 6.99. The Hall–Kier alpha value is -2.13. The van der Waals surface area contributed by atoms with Crippen molar-refractivity contribution in [1.29, 1.82) is 0 Å². The predicted molar refractivity (Wildman–Crippen MR) is 72.3 cm³/mol. The summed E-state index contributed by atoms with van der Waals surface area (Å²) in [5, 5.41) is 14.0. The van der Waals surface area contributed by atoms with Gasteiger partial charge in [0, 0.05) is 11.6 Å². The van der Waals surface area contributed by atoms with E-state index in [2.05, 4.69) is 0 Å². The van der Waals surface area contributed by atoms with Crippen molar-refractivity contribution in [2.24, 2.45) is 0 Å². The molecule has 23 heavy (non-hydrogen) atoms. The van der Waals surface area contributed by atoms with Crippen LogP contribution in [0.1, 0.15) is 11.1 Å². The summed E-state index contributed by atoms with van der Waals surface area (Å²) in [4.78, 5) is 0. The zero-order valence-corrected chi connectivity index (χ0v) is 11.5. The van der Waals surface area contributed by atoms with Crippen LogP contribution in [-0.4, -0.2) is 17.7 Å². The van der Waals surface area contributed by atoms with Gasteiger partial charge < -0.3 is 14.8 Å². The molecule has 0 aromatic heterocycles. The molecule has 0 atom stereocenters. The topological polar surface area (TPSA) is 49.7 Å². The maximum atomic E-state index is 13.3. The molecule has 2 N–H and O–H groups in total. The first kappa shape index (κ1) is 18.9. The second kappa shape index (κ2) is 8.49. The Morgan fingerprint density at radius 3 is 2.00 bits per heavy atom. The summed E-state index contributed by atoms with van der Waals surface area (Å²) in [7, 11) is 0. The first-order valence-corrected chi connectivity index (χ1v) is 6.12. The minimum atomic E-state index is -4.42. The summed E-state index contributed by atoms with van der Waals surface area (Å²) >= 11 is 0. The fraction of sp³-hybridized carbons (Fsp3) is 0.143. The monoisotopic (exact) mass is 333 g/mol. The van der Waals surface area contributed by atoms with E-state index < -0.39 is 23.4 Å². The van der Waals surface area contributed by atoms with Crippen LogP contribution in [0.4, 0.5) is 22.0 Å². The quantitative estimate of drug-likeness (QED) is 0.671. The molecule has 2 aromatic rings. The van der Waals surface area contributed by atoms with Crippen molar-refractivity contribution < 1.29 is 36.7 Å². The summed E-state index contributed by atoms with van der Waals surface area (Å²) in [5.74, 6) is -1.31. The third-order valence-corrected chi connectivity index (χ3v) is 2.59. The molecule has 123 valence electrons. The molecule has 1 radical (unpaired) electrons. The zero-order chi connectivity index (χ0) is 17.5. The molecule has 0 fully saturated rings. The number of rotatable bonds is 3. The third-order valence-electron chi connectivity index (χ3n) is 2.59. The summed E-state index contributed by atoms with van der Waals surface area (Å²) in [6.07, 6.45) is -4.42. The highest BCUT2D eigenvalue weighted by Crippen LogP contribution is 2.30. The van der Waals surface area contributed by atoms with Crippen LogP contribution in [-0.2, 0) is 12.8 Å². The number of ether oxygens (including phenoxy) is 1. The standard InChI is InChI=1S/C14H9F5O.BH2O2/c15-11-4-1-9(13(16)7-11)8-20-12-5-2-10(3-6-12)14(17,18)19;2-1-3/h1-7H,8H2;2-3H. The average Bonchev–Trinajstić information content (AvgIpc) is 2.47. The van der Waals surface area contributed by atoms with Gasteiger partial charge in [-0.1, -0.05) is 0 Å². The Morgan fingerprint density at radius 1 is 0.957 bits per heavy atom. The van der Waals surface area contributed by atoms with Crippen LogP contribution in [0.5, 0.6) is 5.75 Å². The molecular formula is C14H11BF5O3. The van der Waals surface area contributed by atoms with E-state index in [9.17, 15) is 22.0 Å². The van der Waals surface area contributed by atoms with E-state index in [0.717, 1.165) is 30.3 Å². The molecule has 0 unspecified atom stereocenters. The Labute approximate surface area is 129 Å². The van der Waals surface area contributed by atoms with Gasteiger partial charge in [-0.2, -0.15) is 13.2 Å². The molecule has 9 heteroatoms. The van der Waals surface area contributed by atoms with Crippen molar-refractivity contribution in [1.82, 2.24) is 0 Å². The van der Waals surface area contributed by atoms with Gasteiger partial charge >= 0.3 is 13.9 Å². The van der Waals surface area contributed by atoms with Gasteiger partial charge in [0.15, 0.2) is 0 Å². The number of hydrogen-bond acceptors (Lipinski definition) is 3. The van der Waals surface area contributed by atoms with Crippen molar-refractivity contribution in [3.8, 4) is 5.75 Å². The van der Waals surface area contributed by atoms with E-state index in [-0.39, 0.29) is 25.6 Å². The van der Waals surface area contributed by atoms with E-state index in [1.807, 2.05) is 0 Å². The highest BCUT2D eigenvalue weighted by atomic mass is 19.4. The normalized spacial score (nSPS) is 10.6. The lowest BCUT2D eigenvalue weighted by atomic mass is 10.2. The van der Waals surface area contributed by atoms with Crippen molar-refractivity contribution in [2.75, 3.05) is 0 Å². The number of alkyl halides is 3. The maximum absolute atomic E-state index is 13.3. The van der Waals surface area contributed by atoms with Crippen LogP contribution in [0.25, 0.3) is 0 Å². The van der Waals surface area contributed by atoms with Crippen LogP contribution in [0, 0.1) is 11.6 Å². The van der Waals surface area contributed by atoms with Gasteiger partial charge in [-0.15, -0.1) is 0 Å². The summed E-state index contributed by atoms with van der Waals surface area (Å²) in [6.45, 7) is -0.197. The van der Waals surface area contributed by atoms with Gasteiger partial charge in [0.1, 0.15) is 24.0 Å². The lowest BCUT2D eigenvalue weighted by Crippen LogP contribution is -2.04. The smallest absolute Gasteiger partial charge is 0.482 e. The minimum Gasteiger partial charge on any atom is -0.489 e. The van der Waals surface area contributed by atoms with E-state index >= 15 is 0 Å². The second-order valence-corrected chi connectivity index (χ2v) is 4.16. The van der Waals surface area contributed by atoms with Crippen molar-refractivity contribution in [3.05, 3.63) is 65.2 Å². The maximum Gasteiger partial charge on any atom is 0.482 e. The number of hydrogen-bond donors (Lipinski definition) is 2. The van der Waals surface area contributed by atoms with Crippen LogP contribution in [0.2, 0.25) is 0 Å². The lowest BCUT2D eigenvalue weighted by Gasteiger charge is -2.09.